The molecule has 0 atom stereocenters. The van der Waals surface area contributed by atoms with Crippen molar-refractivity contribution in [3.8, 4) is 0 Å². The summed E-state index contributed by atoms with van der Waals surface area (Å²) in [5, 5.41) is 12.4. The smallest absolute Gasteiger partial charge is 0.336 e. The van der Waals surface area contributed by atoms with Gasteiger partial charge in [0.25, 0.3) is 0 Å². The highest BCUT2D eigenvalue weighted by Gasteiger charge is 2.10. The Hall–Kier alpha value is -1.39. The lowest BCUT2D eigenvalue weighted by molar-refractivity contribution is 0.0695. The summed E-state index contributed by atoms with van der Waals surface area (Å²) in [6.07, 6.45) is 3.79. The fourth-order valence-electron chi connectivity index (χ4n) is 2.54. The molecule has 0 aliphatic carbocycles. The van der Waals surface area contributed by atoms with Crippen molar-refractivity contribution in [3.05, 3.63) is 35.4 Å². The zero-order valence-corrected chi connectivity index (χ0v) is 11.3. The van der Waals surface area contributed by atoms with Crippen molar-refractivity contribution in [1.82, 2.24) is 10.2 Å². The molecule has 1 aromatic rings. The number of aromatic carboxylic acids is 1. The van der Waals surface area contributed by atoms with Gasteiger partial charge in [-0.3, -0.25) is 0 Å². The molecule has 4 heteroatoms. The molecular weight excluding hydrogens is 240 g/mol. The SMILES string of the molecule is O=C(O)c1ccccc1CNCCCN1CCCC1. The highest BCUT2D eigenvalue weighted by atomic mass is 16.4. The molecule has 19 heavy (non-hydrogen) atoms. The average molecular weight is 262 g/mol. The minimum absolute atomic E-state index is 0.398. The number of rotatable bonds is 7. The molecule has 0 amide bonds. The van der Waals surface area contributed by atoms with Crippen LogP contribution in [0.3, 0.4) is 0 Å². The average Bonchev–Trinajstić information content (AvgIpc) is 2.92. The van der Waals surface area contributed by atoms with E-state index >= 15 is 0 Å². The van der Waals surface area contributed by atoms with E-state index in [9.17, 15) is 4.79 Å². The summed E-state index contributed by atoms with van der Waals surface area (Å²) >= 11 is 0. The fourth-order valence-corrected chi connectivity index (χ4v) is 2.54. The van der Waals surface area contributed by atoms with Crippen LogP contribution in [0.1, 0.15) is 35.2 Å². The first kappa shape index (κ1) is 14.0. The number of hydrogen-bond acceptors (Lipinski definition) is 3. The van der Waals surface area contributed by atoms with Crippen molar-refractivity contribution in [2.24, 2.45) is 0 Å². The largest absolute Gasteiger partial charge is 0.478 e. The van der Waals surface area contributed by atoms with E-state index in [0.29, 0.717) is 12.1 Å². The lowest BCUT2D eigenvalue weighted by Gasteiger charge is -2.14. The number of carboxylic acids is 1. The zero-order chi connectivity index (χ0) is 13.5. The Bertz CT molecular complexity index is 414. The second kappa shape index (κ2) is 7.26. The molecule has 0 aromatic heterocycles. The van der Waals surface area contributed by atoms with E-state index < -0.39 is 5.97 Å². The van der Waals surface area contributed by atoms with Crippen molar-refractivity contribution in [1.29, 1.82) is 0 Å². The monoisotopic (exact) mass is 262 g/mol. The molecule has 1 aromatic carbocycles. The lowest BCUT2D eigenvalue weighted by Crippen LogP contribution is -2.25. The normalized spacial score (nSPS) is 15.8. The number of benzene rings is 1. The van der Waals surface area contributed by atoms with Crippen molar-refractivity contribution < 1.29 is 9.90 Å². The van der Waals surface area contributed by atoms with E-state index in [0.717, 1.165) is 25.1 Å². The first-order valence-electron chi connectivity index (χ1n) is 7.01. The van der Waals surface area contributed by atoms with Crippen LogP contribution in [0, 0.1) is 0 Å². The minimum atomic E-state index is -0.852. The van der Waals surface area contributed by atoms with Crippen LogP contribution in [0.25, 0.3) is 0 Å². The third kappa shape index (κ3) is 4.33. The maximum Gasteiger partial charge on any atom is 0.336 e. The third-order valence-corrected chi connectivity index (χ3v) is 3.59. The molecule has 0 unspecified atom stereocenters. The Kier molecular flexibility index (Phi) is 5.36. The predicted molar refractivity (Wildman–Crippen MR) is 75.4 cm³/mol. The molecule has 1 fully saturated rings. The third-order valence-electron chi connectivity index (χ3n) is 3.59. The van der Waals surface area contributed by atoms with E-state index in [4.69, 9.17) is 5.11 Å². The highest BCUT2D eigenvalue weighted by Crippen LogP contribution is 2.09. The molecule has 0 spiro atoms. The van der Waals surface area contributed by atoms with Gasteiger partial charge in [-0.05, 0) is 57.1 Å². The van der Waals surface area contributed by atoms with Crippen LogP contribution in [-0.2, 0) is 6.54 Å². The van der Waals surface area contributed by atoms with Gasteiger partial charge < -0.3 is 15.3 Å². The lowest BCUT2D eigenvalue weighted by atomic mass is 10.1. The summed E-state index contributed by atoms with van der Waals surface area (Å²) in [6, 6.07) is 7.18. The van der Waals surface area contributed by atoms with Gasteiger partial charge in [-0.2, -0.15) is 0 Å². The molecule has 0 saturated carbocycles. The van der Waals surface area contributed by atoms with Gasteiger partial charge in [-0.15, -0.1) is 0 Å². The summed E-state index contributed by atoms with van der Waals surface area (Å²) in [6.45, 7) is 5.18. The molecule has 4 nitrogen and oxygen atoms in total. The van der Waals surface area contributed by atoms with Crippen LogP contribution >= 0.6 is 0 Å². The fraction of sp³-hybridized carbons (Fsp3) is 0.533. The van der Waals surface area contributed by atoms with Crippen LogP contribution in [0.4, 0.5) is 0 Å². The quantitative estimate of drug-likeness (QED) is 0.738. The summed E-state index contributed by atoms with van der Waals surface area (Å²) in [5.41, 5.74) is 1.26. The maximum absolute atomic E-state index is 11.1. The second-order valence-corrected chi connectivity index (χ2v) is 5.04. The molecule has 0 radical (unpaired) electrons. The molecule has 2 N–H and O–H groups in total. The molecule has 1 heterocycles. The van der Waals surface area contributed by atoms with Gasteiger partial charge in [0.05, 0.1) is 5.56 Å². The molecule has 2 rings (SSSR count). The molecule has 1 saturated heterocycles. The number of nitrogens with zero attached hydrogens (tertiary/aromatic N) is 1. The Morgan fingerprint density at radius 3 is 2.74 bits per heavy atom. The van der Waals surface area contributed by atoms with Gasteiger partial charge in [0, 0.05) is 6.54 Å². The van der Waals surface area contributed by atoms with Gasteiger partial charge in [0.2, 0.25) is 0 Å². The zero-order valence-electron chi connectivity index (χ0n) is 11.3. The molecule has 1 aliphatic rings. The first-order chi connectivity index (χ1) is 9.27. The molecule has 1 aliphatic heterocycles. The van der Waals surface area contributed by atoms with E-state index in [1.54, 1.807) is 12.1 Å². The Morgan fingerprint density at radius 1 is 1.26 bits per heavy atom. The van der Waals surface area contributed by atoms with Crippen molar-refractivity contribution >= 4 is 5.97 Å². The van der Waals surface area contributed by atoms with E-state index in [1.165, 1.54) is 25.9 Å². The maximum atomic E-state index is 11.1. The van der Waals surface area contributed by atoms with Crippen LogP contribution < -0.4 is 5.32 Å². The second-order valence-electron chi connectivity index (χ2n) is 5.04. The standard InChI is InChI=1S/C15H22N2O2/c18-15(19)14-7-2-1-6-13(14)12-16-8-5-11-17-9-3-4-10-17/h1-2,6-7,16H,3-5,8-12H2,(H,18,19). The summed E-state index contributed by atoms with van der Waals surface area (Å²) in [5.74, 6) is -0.852. The number of nitrogens with one attached hydrogen (secondary N) is 1. The van der Waals surface area contributed by atoms with Gasteiger partial charge in [0.1, 0.15) is 0 Å². The van der Waals surface area contributed by atoms with Gasteiger partial charge in [0.15, 0.2) is 0 Å². The van der Waals surface area contributed by atoms with Crippen molar-refractivity contribution in [3.63, 3.8) is 0 Å². The summed E-state index contributed by atoms with van der Waals surface area (Å²) < 4.78 is 0. The summed E-state index contributed by atoms with van der Waals surface area (Å²) in [4.78, 5) is 13.5. The van der Waals surface area contributed by atoms with Gasteiger partial charge in [-0.25, -0.2) is 4.79 Å². The summed E-state index contributed by atoms with van der Waals surface area (Å²) in [7, 11) is 0. The molecule has 104 valence electrons. The van der Waals surface area contributed by atoms with Gasteiger partial charge >= 0.3 is 5.97 Å². The van der Waals surface area contributed by atoms with Gasteiger partial charge in [-0.1, -0.05) is 18.2 Å². The Morgan fingerprint density at radius 2 is 2.00 bits per heavy atom. The topological polar surface area (TPSA) is 52.6 Å². The number of hydrogen-bond donors (Lipinski definition) is 2. The predicted octanol–water partition coefficient (Wildman–Crippen LogP) is 1.96. The van der Waals surface area contributed by atoms with Crippen LogP contribution in [0.15, 0.2) is 24.3 Å². The Labute approximate surface area is 114 Å². The highest BCUT2D eigenvalue weighted by molar-refractivity contribution is 5.89. The van der Waals surface area contributed by atoms with Crippen LogP contribution in [0.5, 0.6) is 0 Å². The number of likely N-dealkylation sites (tertiary alicyclic amines) is 1. The van der Waals surface area contributed by atoms with E-state index in [1.807, 2.05) is 12.1 Å². The Balaban J connectivity index is 1.69. The van der Waals surface area contributed by atoms with Crippen molar-refractivity contribution in [2.45, 2.75) is 25.8 Å². The minimum Gasteiger partial charge on any atom is -0.478 e. The van der Waals surface area contributed by atoms with Crippen LogP contribution in [0.2, 0.25) is 0 Å². The van der Waals surface area contributed by atoms with Crippen LogP contribution in [-0.4, -0.2) is 42.2 Å². The van der Waals surface area contributed by atoms with E-state index in [2.05, 4.69) is 10.2 Å². The molecular formula is C15H22N2O2. The van der Waals surface area contributed by atoms with E-state index in [-0.39, 0.29) is 0 Å². The van der Waals surface area contributed by atoms with Crippen molar-refractivity contribution in [2.75, 3.05) is 26.2 Å². The number of carboxylic acid groups (broad SMARTS) is 1. The number of carbonyl (C=O) groups is 1. The first-order valence-corrected chi connectivity index (χ1v) is 7.01. The molecule has 0 bridgehead atoms.